The lowest BCUT2D eigenvalue weighted by Crippen LogP contribution is -2.34. The lowest BCUT2D eigenvalue weighted by molar-refractivity contribution is -0.140. The van der Waals surface area contributed by atoms with Crippen molar-refractivity contribution >= 4 is 40.8 Å². The fourth-order valence-electron chi connectivity index (χ4n) is 2.35. The van der Waals surface area contributed by atoms with Crippen LogP contribution < -0.4 is 14.4 Å². The number of ether oxygens (including phenoxy) is 2. The number of amides is 1. The van der Waals surface area contributed by atoms with Gasteiger partial charge in [0.25, 0.3) is 0 Å². The van der Waals surface area contributed by atoms with Gasteiger partial charge in [-0.25, -0.2) is 13.8 Å². The van der Waals surface area contributed by atoms with Crippen molar-refractivity contribution in [1.82, 2.24) is 4.98 Å². The second kappa shape index (κ2) is 9.03. The number of carboxylic acids is 1. The molecule has 0 spiro atoms. The third-order valence-electron chi connectivity index (χ3n) is 3.65. The summed E-state index contributed by atoms with van der Waals surface area (Å²) in [6.45, 7) is -0.473. The smallest absolute Gasteiger partial charge is 0.312 e. The Hall–Kier alpha value is -2.65. The first kappa shape index (κ1) is 21.6. The Balaban J connectivity index is 2.65. The minimum atomic E-state index is -1.48. The Morgan fingerprint density at radius 1 is 1.14 bits per heavy atom. The van der Waals surface area contributed by atoms with E-state index >= 15 is 0 Å². The van der Waals surface area contributed by atoms with Crippen LogP contribution in [0.2, 0.25) is 10.2 Å². The van der Waals surface area contributed by atoms with E-state index in [0.717, 1.165) is 20.3 Å². The van der Waals surface area contributed by atoms with E-state index in [-0.39, 0.29) is 15.7 Å². The summed E-state index contributed by atoms with van der Waals surface area (Å²) in [5.74, 6) is -5.80. The Morgan fingerprint density at radius 2 is 1.71 bits per heavy atom. The van der Waals surface area contributed by atoms with Gasteiger partial charge in [0.05, 0.1) is 25.8 Å². The van der Waals surface area contributed by atoms with Crippen molar-refractivity contribution in [2.75, 3.05) is 19.1 Å². The topological polar surface area (TPSA) is 89.0 Å². The van der Waals surface area contributed by atoms with Crippen LogP contribution in [-0.2, 0) is 16.1 Å². The first-order chi connectivity index (χ1) is 13.2. The Morgan fingerprint density at radius 3 is 2.18 bits per heavy atom. The number of anilines is 1. The van der Waals surface area contributed by atoms with E-state index in [9.17, 15) is 18.4 Å². The maximum atomic E-state index is 14.8. The average Bonchev–Trinajstić information content (AvgIpc) is 2.62. The first-order valence-corrected chi connectivity index (χ1v) is 8.37. The molecular weight excluding hydrogens is 421 g/mol. The lowest BCUT2D eigenvalue weighted by Gasteiger charge is -2.25. The molecule has 1 aromatic heterocycles. The molecule has 150 valence electrons. The molecule has 1 amide bonds. The van der Waals surface area contributed by atoms with Crippen LogP contribution >= 0.6 is 23.2 Å². The summed E-state index contributed by atoms with van der Waals surface area (Å²) in [6, 6.07) is 2.24. The van der Waals surface area contributed by atoms with Gasteiger partial charge in [0.1, 0.15) is 17.3 Å². The Kier molecular flexibility index (Phi) is 6.98. The summed E-state index contributed by atoms with van der Waals surface area (Å²) < 4.78 is 39.4. The molecule has 0 saturated carbocycles. The van der Waals surface area contributed by atoms with Crippen LogP contribution in [0.1, 0.15) is 12.0 Å². The molecular formula is C17H14Cl2F2N2O5. The number of pyridine rings is 1. The van der Waals surface area contributed by atoms with E-state index in [2.05, 4.69) is 4.98 Å². The highest BCUT2D eigenvalue weighted by Crippen LogP contribution is 2.38. The number of methoxy groups -OCH3 is 2. The summed E-state index contributed by atoms with van der Waals surface area (Å²) in [5, 5.41) is 9.08. The number of halogens is 4. The summed E-state index contributed by atoms with van der Waals surface area (Å²) in [7, 11) is 2.28. The van der Waals surface area contributed by atoms with E-state index in [1.165, 1.54) is 12.3 Å². The monoisotopic (exact) mass is 434 g/mol. The van der Waals surface area contributed by atoms with Gasteiger partial charge in [-0.05, 0) is 6.07 Å². The fourth-order valence-corrected chi connectivity index (χ4v) is 2.77. The predicted molar refractivity (Wildman–Crippen MR) is 97.2 cm³/mol. The summed E-state index contributed by atoms with van der Waals surface area (Å²) >= 11 is 11.8. The van der Waals surface area contributed by atoms with Crippen molar-refractivity contribution in [3.63, 3.8) is 0 Å². The highest BCUT2D eigenvalue weighted by atomic mass is 35.5. The zero-order chi connectivity index (χ0) is 21.0. The third-order valence-corrected chi connectivity index (χ3v) is 4.21. The summed E-state index contributed by atoms with van der Waals surface area (Å²) in [6.07, 6.45) is 0.190. The van der Waals surface area contributed by atoms with Gasteiger partial charge in [0.15, 0.2) is 23.1 Å². The number of carbonyl (C=O) groups is 2. The minimum Gasteiger partial charge on any atom is -0.493 e. The van der Waals surface area contributed by atoms with Crippen LogP contribution in [0.5, 0.6) is 11.5 Å². The number of carboxylic acid groups (broad SMARTS) is 1. The zero-order valence-corrected chi connectivity index (χ0v) is 16.1. The van der Waals surface area contributed by atoms with Gasteiger partial charge in [-0.1, -0.05) is 23.2 Å². The van der Waals surface area contributed by atoms with Crippen molar-refractivity contribution < 1.29 is 33.0 Å². The molecule has 0 aliphatic rings. The standard InChI is InChI=1S/C17H14Cl2F2N2O5/c1-27-10-4-11(28-2)16(21)17(15(10)20)23(13(24)5-14(25)26)7-8-6-22-12(19)3-9(8)18/h3-4,6H,5,7H2,1-2H3,(H,25,26). The van der Waals surface area contributed by atoms with Crippen molar-refractivity contribution in [1.29, 1.82) is 0 Å². The van der Waals surface area contributed by atoms with Crippen LogP contribution in [0.4, 0.5) is 14.5 Å². The molecule has 1 aromatic carbocycles. The second-order valence-electron chi connectivity index (χ2n) is 5.41. The first-order valence-electron chi connectivity index (χ1n) is 7.61. The molecule has 28 heavy (non-hydrogen) atoms. The highest BCUT2D eigenvalue weighted by Gasteiger charge is 2.30. The zero-order valence-electron chi connectivity index (χ0n) is 14.6. The number of hydrogen-bond donors (Lipinski definition) is 1. The van der Waals surface area contributed by atoms with Crippen LogP contribution in [0.25, 0.3) is 0 Å². The average molecular weight is 435 g/mol. The number of aliphatic carboxylic acids is 1. The highest BCUT2D eigenvalue weighted by molar-refractivity contribution is 6.34. The molecule has 0 unspecified atom stereocenters. The fraction of sp³-hybridized carbons (Fsp3) is 0.235. The van der Waals surface area contributed by atoms with E-state index in [1.807, 2.05) is 0 Å². The van der Waals surface area contributed by atoms with Crippen LogP contribution in [-0.4, -0.2) is 36.2 Å². The number of benzene rings is 1. The van der Waals surface area contributed by atoms with Crippen molar-refractivity contribution in [3.8, 4) is 11.5 Å². The van der Waals surface area contributed by atoms with Crippen molar-refractivity contribution in [2.45, 2.75) is 13.0 Å². The van der Waals surface area contributed by atoms with E-state index in [0.29, 0.717) is 4.90 Å². The summed E-state index contributed by atoms with van der Waals surface area (Å²) in [4.78, 5) is 27.9. The quantitative estimate of drug-likeness (QED) is 0.527. The largest absolute Gasteiger partial charge is 0.493 e. The van der Waals surface area contributed by atoms with E-state index < -0.39 is 53.7 Å². The maximum absolute atomic E-state index is 14.8. The predicted octanol–water partition coefficient (Wildman–Crippen LogP) is 3.69. The molecule has 0 fully saturated rings. The van der Waals surface area contributed by atoms with Gasteiger partial charge < -0.3 is 19.5 Å². The molecule has 0 saturated heterocycles. The molecule has 1 heterocycles. The van der Waals surface area contributed by atoms with Gasteiger partial charge >= 0.3 is 5.97 Å². The second-order valence-corrected chi connectivity index (χ2v) is 6.20. The Bertz CT molecular complexity index is 899. The van der Waals surface area contributed by atoms with Gasteiger partial charge in [-0.2, -0.15) is 0 Å². The molecule has 2 rings (SSSR count). The normalized spacial score (nSPS) is 10.5. The number of hydrogen-bond acceptors (Lipinski definition) is 5. The van der Waals surface area contributed by atoms with Crippen molar-refractivity contribution in [2.24, 2.45) is 0 Å². The molecule has 0 aliphatic heterocycles. The lowest BCUT2D eigenvalue weighted by atomic mass is 10.1. The SMILES string of the molecule is COc1cc(OC)c(F)c(N(Cc2cnc(Cl)cc2Cl)C(=O)CC(=O)O)c1F. The van der Waals surface area contributed by atoms with Gasteiger partial charge in [0.2, 0.25) is 5.91 Å². The number of rotatable bonds is 7. The number of nitrogens with zero attached hydrogens (tertiary/aromatic N) is 2. The molecule has 11 heteroatoms. The maximum Gasteiger partial charge on any atom is 0.312 e. The van der Waals surface area contributed by atoms with Crippen LogP contribution in [0, 0.1) is 11.6 Å². The summed E-state index contributed by atoms with van der Waals surface area (Å²) in [5.41, 5.74) is -0.654. The molecule has 2 aromatic rings. The van der Waals surface area contributed by atoms with Crippen molar-refractivity contribution in [3.05, 3.63) is 45.7 Å². The van der Waals surface area contributed by atoms with Gasteiger partial charge in [-0.3, -0.25) is 9.59 Å². The molecule has 0 bridgehead atoms. The van der Waals surface area contributed by atoms with E-state index in [1.54, 1.807) is 0 Å². The molecule has 0 aliphatic carbocycles. The Labute approximate surface area is 168 Å². The van der Waals surface area contributed by atoms with Gasteiger partial charge in [0, 0.05) is 17.8 Å². The minimum absolute atomic E-state index is 0.0672. The molecule has 0 atom stereocenters. The van der Waals surface area contributed by atoms with Gasteiger partial charge in [-0.15, -0.1) is 0 Å². The number of aromatic nitrogens is 1. The molecule has 7 nitrogen and oxygen atoms in total. The van der Waals surface area contributed by atoms with Crippen LogP contribution in [0.15, 0.2) is 18.3 Å². The van der Waals surface area contributed by atoms with E-state index in [4.69, 9.17) is 37.8 Å². The third kappa shape index (κ3) is 4.60. The molecule has 0 radical (unpaired) electrons. The number of carbonyl (C=O) groups excluding carboxylic acids is 1. The molecule has 1 N–H and O–H groups in total. The van der Waals surface area contributed by atoms with Crippen LogP contribution in [0.3, 0.4) is 0 Å².